The number of hydrogen-bond acceptors (Lipinski definition) is 4. The summed E-state index contributed by atoms with van der Waals surface area (Å²) in [7, 11) is 1.61. The van der Waals surface area contributed by atoms with E-state index in [4.69, 9.17) is 37.8 Å². The van der Waals surface area contributed by atoms with Crippen molar-refractivity contribution >= 4 is 52.6 Å². The van der Waals surface area contributed by atoms with Crippen LogP contribution in [0.15, 0.2) is 24.3 Å². The lowest BCUT2D eigenvalue weighted by molar-refractivity contribution is -0.122. The zero-order valence-electron chi connectivity index (χ0n) is 17.6. The molecule has 1 heterocycles. The number of carbonyl (C=O) groups excluding carboxylic acids is 1. The van der Waals surface area contributed by atoms with Gasteiger partial charge < -0.3 is 14.7 Å². The number of halogens is 2. The van der Waals surface area contributed by atoms with E-state index in [1.165, 1.54) is 0 Å². The molecule has 0 atom stereocenters. The molecule has 2 rings (SSSR count). The van der Waals surface area contributed by atoms with Gasteiger partial charge in [0.05, 0.1) is 27.8 Å². The molecule has 0 saturated carbocycles. The molecule has 1 aromatic carbocycles. The van der Waals surface area contributed by atoms with E-state index in [0.29, 0.717) is 28.8 Å². The standard InChI is InChI=1S/C21H23Cl2NO2S.CH2O2/c1-14-19(13-16(27-14)8-9-21(2,3)4)24(10-11-26-5)20(25)17-7-6-15(22)12-18(17)23;2-1-3/h6-7,12-13H,10-11H2,1-5H3;1H,(H,2,3). The molecule has 0 aliphatic rings. The summed E-state index contributed by atoms with van der Waals surface area (Å²) in [5.74, 6) is 6.25. The molecule has 0 aliphatic heterocycles. The Bertz CT molecular complexity index is 939. The molecule has 1 aromatic heterocycles. The van der Waals surface area contributed by atoms with Crippen LogP contribution in [0, 0.1) is 24.2 Å². The van der Waals surface area contributed by atoms with Crippen molar-refractivity contribution in [2.45, 2.75) is 27.7 Å². The fourth-order valence-electron chi connectivity index (χ4n) is 2.37. The molecule has 0 saturated heterocycles. The van der Waals surface area contributed by atoms with Crippen LogP contribution < -0.4 is 4.90 Å². The topological polar surface area (TPSA) is 66.8 Å². The maximum atomic E-state index is 13.2. The number of aryl methyl sites for hydroxylation is 1. The van der Waals surface area contributed by atoms with E-state index in [-0.39, 0.29) is 17.8 Å². The van der Waals surface area contributed by atoms with E-state index in [1.54, 1.807) is 41.5 Å². The lowest BCUT2D eigenvalue weighted by Crippen LogP contribution is -2.34. The smallest absolute Gasteiger partial charge is 0.290 e. The van der Waals surface area contributed by atoms with Crippen LogP contribution in [0.1, 0.15) is 40.9 Å². The van der Waals surface area contributed by atoms with Crippen LogP contribution in [0.4, 0.5) is 5.69 Å². The van der Waals surface area contributed by atoms with E-state index in [0.717, 1.165) is 15.4 Å². The molecule has 0 spiro atoms. The van der Waals surface area contributed by atoms with Crippen molar-refractivity contribution in [1.82, 2.24) is 0 Å². The van der Waals surface area contributed by atoms with Crippen LogP contribution in [0.5, 0.6) is 0 Å². The van der Waals surface area contributed by atoms with Gasteiger partial charge in [0.15, 0.2) is 0 Å². The largest absolute Gasteiger partial charge is 0.483 e. The van der Waals surface area contributed by atoms with Crippen molar-refractivity contribution in [1.29, 1.82) is 0 Å². The second-order valence-corrected chi connectivity index (χ2v) is 9.33. The van der Waals surface area contributed by atoms with Gasteiger partial charge in [0.1, 0.15) is 0 Å². The normalized spacial score (nSPS) is 10.4. The van der Waals surface area contributed by atoms with Crippen LogP contribution in [-0.4, -0.2) is 37.7 Å². The van der Waals surface area contributed by atoms with E-state index in [2.05, 4.69) is 32.6 Å². The Morgan fingerprint density at radius 3 is 2.47 bits per heavy atom. The first kappa shape index (κ1) is 26.0. The Hall–Kier alpha value is -2.04. The Morgan fingerprint density at radius 1 is 1.30 bits per heavy atom. The lowest BCUT2D eigenvalue weighted by Gasteiger charge is -2.23. The van der Waals surface area contributed by atoms with E-state index in [9.17, 15) is 4.79 Å². The summed E-state index contributed by atoms with van der Waals surface area (Å²) < 4.78 is 5.20. The highest BCUT2D eigenvalue weighted by Gasteiger charge is 2.23. The van der Waals surface area contributed by atoms with Crippen molar-refractivity contribution in [3.8, 4) is 11.8 Å². The van der Waals surface area contributed by atoms with Gasteiger partial charge >= 0.3 is 0 Å². The van der Waals surface area contributed by atoms with Crippen molar-refractivity contribution in [3.63, 3.8) is 0 Å². The van der Waals surface area contributed by atoms with Crippen molar-refractivity contribution in [2.24, 2.45) is 5.41 Å². The third-order valence-corrected chi connectivity index (χ3v) is 5.17. The van der Waals surface area contributed by atoms with Gasteiger partial charge in [-0.1, -0.05) is 35.0 Å². The van der Waals surface area contributed by atoms with Crippen LogP contribution in [0.25, 0.3) is 0 Å². The highest BCUT2D eigenvalue weighted by molar-refractivity contribution is 7.13. The number of carbonyl (C=O) groups is 2. The SMILES string of the molecule is COCCN(C(=O)c1ccc(Cl)cc1Cl)c1cc(C#CC(C)(C)C)sc1C.O=CO. The van der Waals surface area contributed by atoms with Gasteiger partial charge in [0.25, 0.3) is 12.4 Å². The number of amides is 1. The average molecular weight is 470 g/mol. The fraction of sp³-hybridized carbons (Fsp3) is 0.364. The van der Waals surface area contributed by atoms with Crippen molar-refractivity contribution in [3.05, 3.63) is 49.6 Å². The molecular formula is C22H25Cl2NO4S. The van der Waals surface area contributed by atoms with E-state index in [1.807, 2.05) is 13.0 Å². The zero-order chi connectivity index (χ0) is 22.9. The van der Waals surface area contributed by atoms with Crippen LogP contribution in [0.2, 0.25) is 10.0 Å². The summed E-state index contributed by atoms with van der Waals surface area (Å²) in [6.07, 6.45) is 0. The molecule has 30 heavy (non-hydrogen) atoms. The Balaban J connectivity index is 0.00000141. The minimum atomic E-state index is -0.250. The van der Waals surface area contributed by atoms with E-state index >= 15 is 0 Å². The molecule has 0 radical (unpaired) electrons. The lowest BCUT2D eigenvalue weighted by atomic mass is 9.98. The van der Waals surface area contributed by atoms with Gasteiger partial charge in [-0.15, -0.1) is 11.3 Å². The zero-order valence-corrected chi connectivity index (χ0v) is 19.9. The maximum Gasteiger partial charge on any atom is 0.290 e. The fourth-order valence-corrected chi connectivity index (χ4v) is 3.74. The number of benzene rings is 1. The van der Waals surface area contributed by atoms with Gasteiger partial charge in [-0.2, -0.15) is 0 Å². The molecule has 5 nitrogen and oxygen atoms in total. The predicted molar refractivity (Wildman–Crippen MR) is 124 cm³/mol. The Morgan fingerprint density at radius 2 is 1.93 bits per heavy atom. The van der Waals surface area contributed by atoms with Crippen molar-refractivity contribution in [2.75, 3.05) is 25.2 Å². The average Bonchev–Trinajstić information content (AvgIpc) is 3.01. The number of carboxylic acid groups (broad SMARTS) is 1. The molecule has 8 heteroatoms. The molecule has 0 fully saturated rings. The monoisotopic (exact) mass is 469 g/mol. The highest BCUT2D eigenvalue weighted by atomic mass is 35.5. The maximum absolute atomic E-state index is 13.2. The van der Waals surface area contributed by atoms with Gasteiger partial charge in [-0.25, -0.2) is 0 Å². The molecule has 1 N–H and O–H groups in total. The van der Waals surface area contributed by atoms with E-state index < -0.39 is 0 Å². The molecular weight excluding hydrogens is 445 g/mol. The van der Waals surface area contributed by atoms with Crippen LogP contribution in [-0.2, 0) is 9.53 Å². The number of thiophene rings is 1. The summed E-state index contributed by atoms with van der Waals surface area (Å²) in [6, 6.07) is 6.84. The number of rotatable bonds is 5. The van der Waals surface area contributed by atoms with Gasteiger partial charge in [-0.05, 0) is 52.0 Å². The molecule has 162 valence electrons. The minimum absolute atomic E-state index is 0.0829. The number of hydrogen-bond donors (Lipinski definition) is 1. The van der Waals surface area contributed by atoms with Crippen LogP contribution in [0.3, 0.4) is 0 Å². The van der Waals surface area contributed by atoms with Gasteiger partial charge in [0, 0.05) is 29.0 Å². The molecule has 0 bridgehead atoms. The Kier molecular flexibility index (Phi) is 10.4. The Labute approximate surface area is 191 Å². The molecule has 0 unspecified atom stereocenters. The summed E-state index contributed by atoms with van der Waals surface area (Å²) in [5.41, 5.74) is 1.15. The molecule has 0 aliphatic carbocycles. The summed E-state index contributed by atoms with van der Waals surface area (Å²) >= 11 is 13.8. The number of nitrogens with zero attached hydrogens (tertiary/aromatic N) is 1. The number of ether oxygens (including phenoxy) is 1. The molecule has 2 aromatic rings. The second-order valence-electron chi connectivity index (χ2n) is 7.23. The highest BCUT2D eigenvalue weighted by Crippen LogP contribution is 2.32. The van der Waals surface area contributed by atoms with Crippen molar-refractivity contribution < 1.29 is 19.4 Å². The van der Waals surface area contributed by atoms with Gasteiger partial charge in [-0.3, -0.25) is 9.59 Å². The predicted octanol–water partition coefficient (Wildman–Crippen LogP) is 5.75. The quantitative estimate of drug-likeness (QED) is 0.446. The summed E-state index contributed by atoms with van der Waals surface area (Å²) in [4.78, 5) is 25.2. The first-order valence-electron chi connectivity index (χ1n) is 9.01. The summed E-state index contributed by atoms with van der Waals surface area (Å²) in [5, 5.41) is 7.71. The number of anilines is 1. The third kappa shape index (κ3) is 8.00. The first-order valence-corrected chi connectivity index (χ1v) is 10.6. The third-order valence-electron chi connectivity index (χ3n) is 3.67. The second kappa shape index (κ2) is 12.0. The molecule has 1 amide bonds. The van der Waals surface area contributed by atoms with Gasteiger partial charge in [0.2, 0.25) is 0 Å². The number of methoxy groups -OCH3 is 1. The minimum Gasteiger partial charge on any atom is -0.483 e. The summed E-state index contributed by atoms with van der Waals surface area (Å²) in [6.45, 7) is 8.76. The van der Waals surface area contributed by atoms with Crippen LogP contribution >= 0.6 is 34.5 Å². The first-order chi connectivity index (χ1) is 14.0.